The summed E-state index contributed by atoms with van der Waals surface area (Å²) in [6.45, 7) is 24.1. The molecule has 0 saturated carbocycles. The Bertz CT molecular complexity index is 2380. The minimum absolute atomic E-state index is 0.538. The number of fused-ring (bicyclic) bond motifs is 3. The SMILES string of the molecule is C=C/C=C\C(=C/C)N(c1ccccc1)c1ccc(SC(/C=C(/C)C=O)=C\C=C)c(C2(C)c3ccccc3-c3cccnc32)c1.C=Cc1cc(C)c(C)cc1/C=C\C. The third kappa shape index (κ3) is 9.26. The number of aromatic nitrogens is 1. The number of para-hydroxylation sites is 1. The smallest absolute Gasteiger partial charge is 0.145 e. The maximum absolute atomic E-state index is 11.6. The normalized spacial score (nSPS) is 15.1. The van der Waals surface area contributed by atoms with Crippen LogP contribution in [0, 0.1) is 13.8 Å². The summed E-state index contributed by atoms with van der Waals surface area (Å²) in [5.41, 5.74) is 14.0. The molecule has 6 rings (SSSR count). The first-order chi connectivity index (χ1) is 27.6. The molecule has 1 atom stereocenters. The Kier molecular flexibility index (Phi) is 14.4. The molecule has 5 aromatic rings. The lowest BCUT2D eigenvalue weighted by atomic mass is 9.76. The maximum Gasteiger partial charge on any atom is 0.145 e. The van der Waals surface area contributed by atoms with Crippen molar-refractivity contribution in [3.63, 3.8) is 0 Å². The number of benzene rings is 4. The first kappa shape index (κ1) is 41.9. The van der Waals surface area contributed by atoms with E-state index in [0.717, 1.165) is 50.0 Å². The van der Waals surface area contributed by atoms with Gasteiger partial charge in [-0.1, -0.05) is 135 Å². The topological polar surface area (TPSA) is 33.2 Å². The highest BCUT2D eigenvalue weighted by Crippen LogP contribution is 2.54. The molecule has 0 bridgehead atoms. The standard InChI is InChI=1S/C40H36N2OS.C13H16/c1-6-9-17-30(8-3)42(31-18-11-10-12-19-31)32-23-24-38(44-33(16-7-2)26-29(4)28-43)37(27-32)40(5)36-22-14-13-20-34(36)35-21-15-25-41-39(35)40;1-5-7-13-9-11(4)10(3)8-12(13)6-2/h6-28H,1-2H2,3-5H3;5-9H,2H2,1,3-4H3/b17-9-,29-26-,30-8+,33-16-;7-5-. The summed E-state index contributed by atoms with van der Waals surface area (Å²) in [4.78, 5) is 20.8. The Morgan fingerprint density at radius 1 is 0.789 bits per heavy atom. The van der Waals surface area contributed by atoms with Crippen molar-refractivity contribution < 1.29 is 4.79 Å². The highest BCUT2D eigenvalue weighted by Gasteiger charge is 2.43. The van der Waals surface area contributed by atoms with Gasteiger partial charge in [0.05, 0.1) is 11.1 Å². The van der Waals surface area contributed by atoms with E-state index in [0.29, 0.717) is 5.57 Å². The van der Waals surface area contributed by atoms with Crippen LogP contribution in [-0.4, -0.2) is 11.3 Å². The summed E-state index contributed by atoms with van der Waals surface area (Å²) in [6, 6.07) is 34.2. The van der Waals surface area contributed by atoms with Gasteiger partial charge in [-0.3, -0.25) is 9.78 Å². The summed E-state index contributed by atoms with van der Waals surface area (Å²) < 4.78 is 0. The van der Waals surface area contributed by atoms with Crippen LogP contribution in [0.1, 0.15) is 66.8 Å². The highest BCUT2D eigenvalue weighted by molar-refractivity contribution is 8.03. The first-order valence-electron chi connectivity index (χ1n) is 19.2. The molecular formula is C53H52N2OS. The van der Waals surface area contributed by atoms with Crippen molar-refractivity contribution in [1.82, 2.24) is 4.98 Å². The predicted molar refractivity (Wildman–Crippen MR) is 248 cm³/mol. The molecule has 3 nitrogen and oxygen atoms in total. The molecule has 1 unspecified atom stereocenters. The van der Waals surface area contributed by atoms with E-state index in [9.17, 15) is 4.79 Å². The zero-order valence-electron chi connectivity index (χ0n) is 34.0. The number of aryl methyl sites for hydroxylation is 2. The number of pyridine rings is 1. The molecule has 0 saturated heterocycles. The van der Waals surface area contributed by atoms with E-state index in [4.69, 9.17) is 4.98 Å². The average Bonchev–Trinajstić information content (AvgIpc) is 3.50. The minimum Gasteiger partial charge on any atom is -0.311 e. The summed E-state index contributed by atoms with van der Waals surface area (Å²) >= 11 is 1.63. The Labute approximate surface area is 344 Å². The van der Waals surface area contributed by atoms with Gasteiger partial charge >= 0.3 is 0 Å². The fourth-order valence-electron chi connectivity index (χ4n) is 7.18. The zero-order valence-corrected chi connectivity index (χ0v) is 34.8. The molecule has 4 heteroatoms. The number of rotatable bonds is 13. The molecule has 1 aromatic heterocycles. The number of anilines is 2. The van der Waals surface area contributed by atoms with E-state index < -0.39 is 5.41 Å². The van der Waals surface area contributed by atoms with E-state index in [-0.39, 0.29) is 0 Å². The van der Waals surface area contributed by atoms with Crippen LogP contribution in [0.15, 0.2) is 193 Å². The molecule has 0 fully saturated rings. The van der Waals surface area contributed by atoms with Crippen LogP contribution in [0.2, 0.25) is 0 Å². The minimum atomic E-state index is -0.538. The van der Waals surface area contributed by atoms with Gasteiger partial charge < -0.3 is 4.90 Å². The molecule has 0 aliphatic heterocycles. The van der Waals surface area contributed by atoms with Crippen LogP contribution < -0.4 is 4.90 Å². The third-order valence-electron chi connectivity index (χ3n) is 10.1. The molecule has 286 valence electrons. The molecule has 1 aliphatic rings. The number of hydrogen-bond acceptors (Lipinski definition) is 4. The Morgan fingerprint density at radius 2 is 1.49 bits per heavy atom. The summed E-state index contributed by atoms with van der Waals surface area (Å²) in [5, 5.41) is 0. The van der Waals surface area contributed by atoms with Gasteiger partial charge in [0.1, 0.15) is 6.29 Å². The highest BCUT2D eigenvalue weighted by atomic mass is 32.2. The Hall–Kier alpha value is -6.23. The Morgan fingerprint density at radius 3 is 2.16 bits per heavy atom. The number of nitrogens with zero attached hydrogens (tertiary/aromatic N) is 2. The number of carbonyl (C=O) groups excluding carboxylic acids is 1. The number of aldehydes is 1. The van der Waals surface area contributed by atoms with E-state index in [2.05, 4.69) is 155 Å². The molecule has 4 aromatic carbocycles. The van der Waals surface area contributed by atoms with Crippen LogP contribution in [0.5, 0.6) is 0 Å². The summed E-state index contributed by atoms with van der Waals surface area (Å²) in [5.74, 6) is 0. The van der Waals surface area contributed by atoms with Crippen molar-refractivity contribution in [2.45, 2.75) is 51.9 Å². The zero-order chi connectivity index (χ0) is 41.0. The van der Waals surface area contributed by atoms with E-state index in [1.54, 1.807) is 23.9 Å². The van der Waals surface area contributed by atoms with Gasteiger partial charge in [-0.15, -0.1) is 0 Å². The van der Waals surface area contributed by atoms with Gasteiger partial charge in [-0.2, -0.15) is 0 Å². The lowest BCUT2D eigenvalue weighted by Gasteiger charge is -2.32. The van der Waals surface area contributed by atoms with Gasteiger partial charge in [0.15, 0.2) is 0 Å². The number of thioether (sulfide) groups is 1. The van der Waals surface area contributed by atoms with Crippen molar-refractivity contribution in [3.05, 3.63) is 227 Å². The molecule has 0 radical (unpaired) electrons. The maximum atomic E-state index is 11.6. The lowest BCUT2D eigenvalue weighted by molar-refractivity contribution is -0.104. The average molecular weight is 765 g/mol. The van der Waals surface area contributed by atoms with Crippen LogP contribution >= 0.6 is 11.8 Å². The molecular weight excluding hydrogens is 713 g/mol. The first-order valence-corrected chi connectivity index (χ1v) is 20.0. The summed E-state index contributed by atoms with van der Waals surface area (Å²) in [6.07, 6.45) is 22.4. The second kappa shape index (κ2) is 19.6. The fraction of sp³-hybridized carbons (Fsp3) is 0.132. The van der Waals surface area contributed by atoms with Gasteiger partial charge in [-0.25, -0.2) is 0 Å². The fourth-order valence-corrected chi connectivity index (χ4v) is 8.35. The lowest BCUT2D eigenvalue weighted by Crippen LogP contribution is -2.25. The van der Waals surface area contributed by atoms with Crippen LogP contribution in [0.3, 0.4) is 0 Å². The van der Waals surface area contributed by atoms with Crippen molar-refractivity contribution in [3.8, 4) is 11.1 Å². The second-order valence-corrected chi connectivity index (χ2v) is 15.0. The van der Waals surface area contributed by atoms with Gasteiger partial charge in [0.25, 0.3) is 0 Å². The van der Waals surface area contributed by atoms with Gasteiger partial charge in [0.2, 0.25) is 0 Å². The monoisotopic (exact) mass is 764 g/mol. The predicted octanol–water partition coefficient (Wildman–Crippen LogP) is 14.5. The van der Waals surface area contributed by atoms with Gasteiger partial charge in [0, 0.05) is 38.6 Å². The largest absolute Gasteiger partial charge is 0.311 e. The Balaban J connectivity index is 0.000000405. The molecule has 1 aliphatic carbocycles. The van der Waals surface area contributed by atoms with E-state index in [1.165, 1.54) is 33.4 Å². The second-order valence-electron chi connectivity index (χ2n) is 13.9. The molecule has 0 amide bonds. The van der Waals surface area contributed by atoms with Crippen molar-refractivity contribution >= 4 is 41.6 Å². The number of allylic oxidation sites excluding steroid dienone is 9. The molecule has 1 heterocycles. The molecule has 57 heavy (non-hydrogen) atoms. The van der Waals surface area contributed by atoms with Crippen molar-refractivity contribution in [2.24, 2.45) is 0 Å². The van der Waals surface area contributed by atoms with Crippen LogP contribution in [0.25, 0.3) is 23.3 Å². The quantitative estimate of drug-likeness (QED) is 0.0517. The van der Waals surface area contributed by atoms with E-state index in [1.807, 2.05) is 63.4 Å². The molecule has 0 spiro atoms. The number of carbonyl (C=O) groups is 1. The van der Waals surface area contributed by atoms with Crippen LogP contribution in [0.4, 0.5) is 11.4 Å². The summed E-state index contributed by atoms with van der Waals surface area (Å²) in [7, 11) is 0. The van der Waals surface area contributed by atoms with Crippen molar-refractivity contribution in [2.75, 3.05) is 4.90 Å². The third-order valence-corrected chi connectivity index (χ3v) is 11.2. The van der Waals surface area contributed by atoms with Crippen molar-refractivity contribution in [1.29, 1.82) is 0 Å². The van der Waals surface area contributed by atoms with Gasteiger partial charge in [-0.05, 0) is 141 Å². The molecule has 0 N–H and O–H groups in total. The number of hydrogen-bond donors (Lipinski definition) is 0. The van der Waals surface area contributed by atoms with E-state index >= 15 is 0 Å². The van der Waals surface area contributed by atoms with Crippen LogP contribution in [-0.2, 0) is 10.2 Å².